The van der Waals surface area contributed by atoms with E-state index < -0.39 is 5.69 Å². The van der Waals surface area contributed by atoms with E-state index in [9.17, 15) is 9.59 Å². The van der Waals surface area contributed by atoms with Gasteiger partial charge in [0.15, 0.2) is 0 Å². The molecular weight excluding hydrogens is 216 g/mol. The van der Waals surface area contributed by atoms with E-state index in [-0.39, 0.29) is 5.56 Å². The van der Waals surface area contributed by atoms with Crippen molar-refractivity contribution >= 4 is 0 Å². The first-order valence-corrected chi connectivity index (χ1v) is 6.50. The molecule has 0 aliphatic rings. The Kier molecular flexibility index (Phi) is 5.73. The molecule has 0 spiro atoms. The first-order valence-electron chi connectivity index (χ1n) is 6.50. The molecule has 1 aromatic heterocycles. The van der Waals surface area contributed by atoms with Crippen LogP contribution in [-0.4, -0.2) is 9.97 Å². The van der Waals surface area contributed by atoms with E-state index in [4.69, 9.17) is 0 Å². The minimum absolute atomic E-state index is 0.293. The van der Waals surface area contributed by atoms with Crippen LogP contribution in [-0.2, 0) is 0 Å². The van der Waals surface area contributed by atoms with Crippen molar-refractivity contribution in [1.29, 1.82) is 0 Å². The molecule has 0 saturated heterocycles. The van der Waals surface area contributed by atoms with E-state index in [1.165, 1.54) is 25.3 Å². The van der Waals surface area contributed by atoms with Gasteiger partial charge in [-0.3, -0.25) is 9.78 Å². The van der Waals surface area contributed by atoms with Crippen LogP contribution in [0.5, 0.6) is 0 Å². The predicted octanol–water partition coefficient (Wildman–Crippen LogP) is 2.53. The number of aromatic nitrogens is 2. The average Bonchev–Trinajstić information content (AvgIpc) is 2.28. The van der Waals surface area contributed by atoms with Gasteiger partial charge < -0.3 is 4.98 Å². The standard InChI is InChI=1S/C13H22N2O2/c1-3-5-6-7-8-10(4-2)11-9-12(16)15-13(17)14-11/h9-10H,3-8H2,1-2H3,(H2,14,15,16,17). The molecule has 0 aromatic carbocycles. The molecule has 4 nitrogen and oxygen atoms in total. The first-order chi connectivity index (χ1) is 8.17. The lowest BCUT2D eigenvalue weighted by Gasteiger charge is -2.14. The number of H-pyrrole nitrogens is 2. The van der Waals surface area contributed by atoms with Crippen LogP contribution in [0.2, 0.25) is 0 Å². The van der Waals surface area contributed by atoms with Crippen LogP contribution in [0, 0.1) is 0 Å². The summed E-state index contributed by atoms with van der Waals surface area (Å²) in [4.78, 5) is 27.4. The van der Waals surface area contributed by atoms with Gasteiger partial charge in [0.05, 0.1) is 0 Å². The summed E-state index contributed by atoms with van der Waals surface area (Å²) in [6.07, 6.45) is 6.84. The summed E-state index contributed by atoms with van der Waals surface area (Å²) < 4.78 is 0. The second-order valence-corrected chi connectivity index (χ2v) is 4.50. The third-order valence-electron chi connectivity index (χ3n) is 3.12. The van der Waals surface area contributed by atoms with Gasteiger partial charge in [-0.05, 0) is 18.8 Å². The molecule has 1 heterocycles. The van der Waals surface area contributed by atoms with Crippen LogP contribution >= 0.6 is 0 Å². The summed E-state index contributed by atoms with van der Waals surface area (Å²) in [6.45, 7) is 4.27. The van der Waals surface area contributed by atoms with Crippen LogP contribution < -0.4 is 11.2 Å². The summed E-state index contributed by atoms with van der Waals surface area (Å²) in [5.74, 6) is 0.293. The normalized spacial score (nSPS) is 12.6. The number of rotatable bonds is 7. The van der Waals surface area contributed by atoms with Crippen LogP contribution in [0.1, 0.15) is 64.0 Å². The fourth-order valence-corrected chi connectivity index (χ4v) is 2.10. The largest absolute Gasteiger partial charge is 0.325 e. The molecule has 0 aliphatic carbocycles. The zero-order chi connectivity index (χ0) is 12.7. The number of hydrogen-bond acceptors (Lipinski definition) is 2. The number of aromatic amines is 2. The molecular formula is C13H22N2O2. The SMILES string of the molecule is CCCCCCC(CC)c1cc(=O)[nH]c(=O)[nH]1. The van der Waals surface area contributed by atoms with Gasteiger partial charge in [-0.1, -0.05) is 39.5 Å². The zero-order valence-electron chi connectivity index (χ0n) is 10.7. The zero-order valence-corrected chi connectivity index (χ0v) is 10.7. The van der Waals surface area contributed by atoms with Crippen molar-refractivity contribution in [3.05, 3.63) is 32.6 Å². The van der Waals surface area contributed by atoms with Crippen LogP contribution in [0.3, 0.4) is 0 Å². The number of unbranched alkanes of at least 4 members (excludes halogenated alkanes) is 3. The third kappa shape index (κ3) is 4.59. The summed E-state index contributed by atoms with van der Waals surface area (Å²) in [7, 11) is 0. The van der Waals surface area contributed by atoms with Crippen LogP contribution in [0.25, 0.3) is 0 Å². The summed E-state index contributed by atoms with van der Waals surface area (Å²) >= 11 is 0. The lowest BCUT2D eigenvalue weighted by Crippen LogP contribution is -2.24. The van der Waals surface area contributed by atoms with Gasteiger partial charge >= 0.3 is 5.69 Å². The van der Waals surface area contributed by atoms with Crippen molar-refractivity contribution in [2.75, 3.05) is 0 Å². The van der Waals surface area contributed by atoms with E-state index in [0.717, 1.165) is 25.0 Å². The maximum Gasteiger partial charge on any atom is 0.325 e. The Morgan fingerprint density at radius 1 is 1.12 bits per heavy atom. The predicted molar refractivity (Wildman–Crippen MR) is 69.5 cm³/mol. The minimum atomic E-state index is -0.403. The minimum Gasteiger partial charge on any atom is -0.311 e. The molecule has 1 unspecified atom stereocenters. The van der Waals surface area contributed by atoms with Crippen molar-refractivity contribution < 1.29 is 0 Å². The lowest BCUT2D eigenvalue weighted by molar-refractivity contribution is 0.530. The molecule has 0 amide bonds. The van der Waals surface area contributed by atoms with Gasteiger partial charge in [0.25, 0.3) is 5.56 Å². The highest BCUT2D eigenvalue weighted by Gasteiger charge is 2.10. The highest BCUT2D eigenvalue weighted by molar-refractivity contribution is 5.05. The van der Waals surface area contributed by atoms with E-state index >= 15 is 0 Å². The molecule has 17 heavy (non-hydrogen) atoms. The van der Waals surface area contributed by atoms with Gasteiger partial charge in [-0.2, -0.15) is 0 Å². The maximum atomic E-state index is 11.2. The Hall–Kier alpha value is -1.32. The molecule has 2 N–H and O–H groups in total. The molecule has 0 aliphatic heterocycles. The van der Waals surface area contributed by atoms with Crippen molar-refractivity contribution in [2.45, 2.75) is 58.3 Å². The van der Waals surface area contributed by atoms with Gasteiger partial charge in [-0.25, -0.2) is 4.79 Å². The summed E-state index contributed by atoms with van der Waals surface area (Å²) in [5, 5.41) is 0. The monoisotopic (exact) mass is 238 g/mol. The van der Waals surface area contributed by atoms with E-state index in [1.807, 2.05) is 0 Å². The fourth-order valence-electron chi connectivity index (χ4n) is 2.10. The van der Waals surface area contributed by atoms with Crippen molar-refractivity contribution in [2.24, 2.45) is 0 Å². The summed E-state index contributed by atoms with van der Waals surface area (Å²) in [5.41, 5.74) is 0.0630. The topological polar surface area (TPSA) is 65.7 Å². The molecule has 0 fully saturated rings. The molecule has 0 saturated carbocycles. The molecule has 4 heteroatoms. The second kappa shape index (κ2) is 7.09. The Morgan fingerprint density at radius 2 is 1.88 bits per heavy atom. The molecule has 1 atom stereocenters. The van der Waals surface area contributed by atoms with Gasteiger partial charge in [0, 0.05) is 11.8 Å². The van der Waals surface area contributed by atoms with Crippen LogP contribution in [0.15, 0.2) is 15.7 Å². The molecule has 0 bridgehead atoms. The van der Waals surface area contributed by atoms with E-state index in [2.05, 4.69) is 23.8 Å². The fraction of sp³-hybridized carbons (Fsp3) is 0.692. The van der Waals surface area contributed by atoms with E-state index in [1.54, 1.807) is 0 Å². The Labute approximate surface area is 101 Å². The Morgan fingerprint density at radius 3 is 2.47 bits per heavy atom. The third-order valence-corrected chi connectivity index (χ3v) is 3.12. The molecule has 1 rings (SSSR count). The first kappa shape index (κ1) is 13.7. The Bertz CT molecular complexity index is 405. The van der Waals surface area contributed by atoms with Crippen LogP contribution in [0.4, 0.5) is 0 Å². The summed E-state index contributed by atoms with van der Waals surface area (Å²) in [6, 6.07) is 1.51. The van der Waals surface area contributed by atoms with Crippen molar-refractivity contribution in [3.8, 4) is 0 Å². The second-order valence-electron chi connectivity index (χ2n) is 4.50. The average molecular weight is 238 g/mol. The molecule has 96 valence electrons. The smallest absolute Gasteiger partial charge is 0.311 e. The van der Waals surface area contributed by atoms with Crippen molar-refractivity contribution in [3.63, 3.8) is 0 Å². The van der Waals surface area contributed by atoms with E-state index in [0.29, 0.717) is 5.92 Å². The quantitative estimate of drug-likeness (QED) is 0.717. The Balaban J connectivity index is 2.66. The maximum absolute atomic E-state index is 11.2. The highest BCUT2D eigenvalue weighted by Crippen LogP contribution is 2.22. The van der Waals surface area contributed by atoms with Gasteiger partial charge in [0.1, 0.15) is 0 Å². The number of nitrogens with one attached hydrogen (secondary N) is 2. The molecule has 0 radical (unpaired) electrons. The molecule has 1 aromatic rings. The van der Waals surface area contributed by atoms with Gasteiger partial charge in [-0.15, -0.1) is 0 Å². The lowest BCUT2D eigenvalue weighted by atomic mass is 9.95. The number of hydrogen-bond donors (Lipinski definition) is 2. The highest BCUT2D eigenvalue weighted by atomic mass is 16.2. The van der Waals surface area contributed by atoms with Crippen molar-refractivity contribution in [1.82, 2.24) is 9.97 Å². The van der Waals surface area contributed by atoms with Gasteiger partial charge in [0.2, 0.25) is 0 Å².